The fraction of sp³-hybridized carbons (Fsp3) is 0.731. The number of carbonyl (C=O) groups is 1. The van der Waals surface area contributed by atoms with E-state index in [1.54, 1.807) is 0 Å². The van der Waals surface area contributed by atoms with Crippen molar-refractivity contribution in [3.05, 3.63) is 35.9 Å². The molecule has 1 N–H and O–H groups in total. The molecule has 0 heterocycles. The number of hydrogen-bond acceptors (Lipinski definition) is 4. The number of benzene rings is 1. The van der Waals surface area contributed by atoms with Gasteiger partial charge in [0, 0.05) is 13.2 Å². The Balaban J connectivity index is 1.12. The van der Waals surface area contributed by atoms with Crippen LogP contribution in [0.4, 0.5) is 0 Å². The first-order valence-electron chi connectivity index (χ1n) is 12.3. The predicted octanol–water partition coefficient (Wildman–Crippen LogP) is 5.65. The third kappa shape index (κ3) is 9.18. The summed E-state index contributed by atoms with van der Waals surface area (Å²) in [7, 11) is 0. The molecule has 0 bridgehead atoms. The maximum absolute atomic E-state index is 11.8. The standard InChI is InChI=1S/C26H41NO3/c28-26(30-21-24-10-5-2-6-11-24)16-18-27-17-7-19-29-25-14-12-23(13-15-25)20-22-8-3-1-4-9-22/h2,5-6,10-11,22-23,25,27H,1,3-4,7-9,12-21H2. The molecule has 0 aliphatic heterocycles. The molecule has 2 aliphatic rings. The predicted molar refractivity (Wildman–Crippen MR) is 121 cm³/mol. The van der Waals surface area contributed by atoms with Crippen LogP contribution in [-0.4, -0.2) is 31.8 Å². The van der Waals surface area contributed by atoms with Crippen LogP contribution in [0.15, 0.2) is 30.3 Å². The molecule has 0 radical (unpaired) electrons. The molecule has 2 aliphatic carbocycles. The molecule has 0 spiro atoms. The molecule has 4 nitrogen and oxygen atoms in total. The zero-order valence-electron chi connectivity index (χ0n) is 18.7. The van der Waals surface area contributed by atoms with Crippen molar-refractivity contribution in [2.45, 2.75) is 89.8 Å². The van der Waals surface area contributed by atoms with E-state index in [0.717, 1.165) is 37.0 Å². The molecule has 1 aromatic rings. The Labute approximate surface area is 183 Å². The van der Waals surface area contributed by atoms with Crippen molar-refractivity contribution < 1.29 is 14.3 Å². The van der Waals surface area contributed by atoms with Gasteiger partial charge in [0.05, 0.1) is 12.5 Å². The normalized spacial score (nSPS) is 22.7. The van der Waals surface area contributed by atoms with Crippen LogP contribution in [0.25, 0.3) is 0 Å². The van der Waals surface area contributed by atoms with Crippen LogP contribution in [0.5, 0.6) is 0 Å². The van der Waals surface area contributed by atoms with Gasteiger partial charge in [-0.05, 0) is 62.5 Å². The van der Waals surface area contributed by atoms with Gasteiger partial charge in [0.1, 0.15) is 6.61 Å². The lowest BCUT2D eigenvalue weighted by atomic mass is 9.77. The highest BCUT2D eigenvalue weighted by Gasteiger charge is 2.24. The average Bonchev–Trinajstić information content (AvgIpc) is 2.79. The van der Waals surface area contributed by atoms with Gasteiger partial charge < -0.3 is 14.8 Å². The Morgan fingerprint density at radius 2 is 1.63 bits per heavy atom. The third-order valence-corrected chi connectivity index (χ3v) is 6.79. The van der Waals surface area contributed by atoms with E-state index in [4.69, 9.17) is 9.47 Å². The van der Waals surface area contributed by atoms with E-state index in [-0.39, 0.29) is 5.97 Å². The summed E-state index contributed by atoms with van der Waals surface area (Å²) in [5.74, 6) is 1.83. The first-order chi connectivity index (χ1) is 14.8. The minimum atomic E-state index is -0.146. The van der Waals surface area contributed by atoms with E-state index in [0.29, 0.717) is 25.7 Å². The second kappa shape index (κ2) is 13.8. The van der Waals surface area contributed by atoms with Gasteiger partial charge in [-0.2, -0.15) is 0 Å². The monoisotopic (exact) mass is 415 g/mol. The highest BCUT2D eigenvalue weighted by Crippen LogP contribution is 2.35. The second-order valence-corrected chi connectivity index (χ2v) is 9.25. The molecule has 0 saturated heterocycles. The zero-order valence-corrected chi connectivity index (χ0v) is 18.7. The van der Waals surface area contributed by atoms with Gasteiger partial charge in [-0.15, -0.1) is 0 Å². The molecule has 1 aromatic carbocycles. The van der Waals surface area contributed by atoms with Gasteiger partial charge >= 0.3 is 5.97 Å². The summed E-state index contributed by atoms with van der Waals surface area (Å²) in [6.07, 6.45) is 15.9. The minimum Gasteiger partial charge on any atom is -0.461 e. The van der Waals surface area contributed by atoms with Crippen molar-refractivity contribution in [2.75, 3.05) is 19.7 Å². The summed E-state index contributed by atoms with van der Waals surface area (Å²) in [5, 5.41) is 3.32. The minimum absolute atomic E-state index is 0.146. The Bertz CT molecular complexity index is 577. The molecule has 0 atom stereocenters. The van der Waals surface area contributed by atoms with Crippen LogP contribution in [0.1, 0.15) is 82.6 Å². The Kier molecular flexibility index (Phi) is 10.7. The van der Waals surface area contributed by atoms with E-state index in [1.807, 2.05) is 30.3 Å². The largest absolute Gasteiger partial charge is 0.461 e. The molecule has 30 heavy (non-hydrogen) atoms. The van der Waals surface area contributed by atoms with Gasteiger partial charge in [-0.3, -0.25) is 4.79 Å². The third-order valence-electron chi connectivity index (χ3n) is 6.79. The number of nitrogens with one attached hydrogen (secondary N) is 1. The van der Waals surface area contributed by atoms with Crippen molar-refractivity contribution in [1.82, 2.24) is 5.32 Å². The SMILES string of the molecule is O=C(CCNCCCOC1CCC(CC2CCCCC2)CC1)OCc1ccccc1. The van der Waals surface area contributed by atoms with Gasteiger partial charge in [-0.25, -0.2) is 0 Å². The van der Waals surface area contributed by atoms with Crippen LogP contribution in [0, 0.1) is 11.8 Å². The van der Waals surface area contributed by atoms with Gasteiger partial charge in [0.2, 0.25) is 0 Å². The van der Waals surface area contributed by atoms with Gasteiger partial charge in [0.15, 0.2) is 0 Å². The average molecular weight is 416 g/mol. The first kappa shape index (κ1) is 23.3. The van der Waals surface area contributed by atoms with Crippen LogP contribution < -0.4 is 5.32 Å². The van der Waals surface area contributed by atoms with Crippen LogP contribution in [0.3, 0.4) is 0 Å². The van der Waals surface area contributed by atoms with E-state index in [2.05, 4.69) is 5.32 Å². The lowest BCUT2D eigenvalue weighted by Gasteiger charge is -2.32. The van der Waals surface area contributed by atoms with E-state index in [1.165, 1.54) is 64.2 Å². The van der Waals surface area contributed by atoms with Crippen LogP contribution >= 0.6 is 0 Å². The Morgan fingerprint density at radius 3 is 2.40 bits per heavy atom. The number of hydrogen-bond donors (Lipinski definition) is 1. The summed E-state index contributed by atoms with van der Waals surface area (Å²) >= 11 is 0. The summed E-state index contributed by atoms with van der Waals surface area (Å²) in [6, 6.07) is 9.80. The Hall–Kier alpha value is -1.39. The smallest absolute Gasteiger partial charge is 0.307 e. The first-order valence-corrected chi connectivity index (χ1v) is 12.3. The molecule has 4 heteroatoms. The van der Waals surface area contributed by atoms with Crippen LogP contribution in [-0.2, 0) is 20.9 Å². The zero-order chi connectivity index (χ0) is 20.9. The lowest BCUT2D eigenvalue weighted by Crippen LogP contribution is -2.25. The maximum atomic E-state index is 11.8. The molecule has 0 unspecified atom stereocenters. The molecular weight excluding hydrogens is 374 g/mol. The molecule has 0 aromatic heterocycles. The fourth-order valence-corrected chi connectivity index (χ4v) is 5.00. The molecule has 2 fully saturated rings. The number of esters is 1. The Morgan fingerprint density at radius 1 is 0.900 bits per heavy atom. The topological polar surface area (TPSA) is 47.6 Å². The summed E-state index contributed by atoms with van der Waals surface area (Å²) in [4.78, 5) is 11.8. The molecule has 3 rings (SSSR count). The van der Waals surface area contributed by atoms with Crippen LogP contribution in [0.2, 0.25) is 0 Å². The van der Waals surface area contributed by atoms with Crippen molar-refractivity contribution in [2.24, 2.45) is 11.8 Å². The van der Waals surface area contributed by atoms with Crippen molar-refractivity contribution in [3.63, 3.8) is 0 Å². The van der Waals surface area contributed by atoms with Crippen molar-refractivity contribution in [3.8, 4) is 0 Å². The van der Waals surface area contributed by atoms with E-state index < -0.39 is 0 Å². The fourth-order valence-electron chi connectivity index (χ4n) is 5.00. The summed E-state index contributed by atoms with van der Waals surface area (Å²) in [5.41, 5.74) is 1.03. The summed E-state index contributed by atoms with van der Waals surface area (Å²) in [6.45, 7) is 2.74. The molecular formula is C26H41NO3. The van der Waals surface area contributed by atoms with Gasteiger partial charge in [-0.1, -0.05) is 62.4 Å². The number of rotatable bonds is 12. The van der Waals surface area contributed by atoms with E-state index >= 15 is 0 Å². The number of ether oxygens (including phenoxy) is 2. The lowest BCUT2D eigenvalue weighted by molar-refractivity contribution is -0.144. The highest BCUT2D eigenvalue weighted by atomic mass is 16.5. The second-order valence-electron chi connectivity index (χ2n) is 9.25. The highest BCUT2D eigenvalue weighted by molar-refractivity contribution is 5.69. The van der Waals surface area contributed by atoms with Gasteiger partial charge in [0.25, 0.3) is 0 Å². The molecule has 0 amide bonds. The van der Waals surface area contributed by atoms with E-state index in [9.17, 15) is 4.79 Å². The molecule has 2 saturated carbocycles. The van der Waals surface area contributed by atoms with Crippen molar-refractivity contribution in [1.29, 1.82) is 0 Å². The summed E-state index contributed by atoms with van der Waals surface area (Å²) < 4.78 is 11.4. The maximum Gasteiger partial charge on any atom is 0.307 e. The molecule has 168 valence electrons. The quantitative estimate of drug-likeness (QED) is 0.354. The van der Waals surface area contributed by atoms with Crippen molar-refractivity contribution >= 4 is 5.97 Å². The number of carbonyl (C=O) groups excluding carboxylic acids is 1.